The molecule has 2 rings (SSSR count). The van der Waals surface area contributed by atoms with E-state index in [-0.39, 0.29) is 6.04 Å². The highest BCUT2D eigenvalue weighted by Crippen LogP contribution is 2.29. The zero-order valence-corrected chi connectivity index (χ0v) is 11.2. The van der Waals surface area contributed by atoms with Crippen molar-refractivity contribution >= 4 is 5.57 Å². The molecule has 1 aromatic rings. The SMILES string of the molecule is CCC(N)c1ccccc1C1=C(C)C=CCC=C1. The standard InChI is InChI=1S/C17H21N/c1-3-17(18)16-12-8-7-11-15(16)14-10-6-4-5-9-13(14)2/h5-12,17H,3-4,18H2,1-2H3. The molecule has 1 aromatic carbocycles. The molecule has 0 fully saturated rings. The molecule has 0 bridgehead atoms. The average molecular weight is 239 g/mol. The van der Waals surface area contributed by atoms with Crippen molar-refractivity contribution in [1.29, 1.82) is 0 Å². The van der Waals surface area contributed by atoms with Gasteiger partial charge in [-0.05, 0) is 42.0 Å². The number of allylic oxidation sites excluding steroid dienone is 6. The van der Waals surface area contributed by atoms with Gasteiger partial charge in [0.25, 0.3) is 0 Å². The van der Waals surface area contributed by atoms with E-state index in [1.807, 2.05) is 0 Å². The van der Waals surface area contributed by atoms with Gasteiger partial charge in [0.15, 0.2) is 0 Å². The van der Waals surface area contributed by atoms with E-state index in [0.29, 0.717) is 0 Å². The average Bonchev–Trinajstić information content (AvgIpc) is 2.62. The van der Waals surface area contributed by atoms with Gasteiger partial charge in [-0.25, -0.2) is 0 Å². The zero-order chi connectivity index (χ0) is 13.0. The molecule has 1 aliphatic carbocycles. The molecule has 1 heteroatoms. The first-order valence-corrected chi connectivity index (χ1v) is 6.63. The Morgan fingerprint density at radius 2 is 1.89 bits per heavy atom. The summed E-state index contributed by atoms with van der Waals surface area (Å²) in [5.41, 5.74) is 11.3. The van der Waals surface area contributed by atoms with Gasteiger partial charge in [-0.15, -0.1) is 0 Å². The second-order valence-electron chi connectivity index (χ2n) is 4.74. The second kappa shape index (κ2) is 5.83. The van der Waals surface area contributed by atoms with Crippen LogP contribution in [0.25, 0.3) is 5.57 Å². The molecule has 0 saturated heterocycles. The van der Waals surface area contributed by atoms with Crippen LogP contribution in [0.2, 0.25) is 0 Å². The van der Waals surface area contributed by atoms with Gasteiger partial charge in [-0.2, -0.15) is 0 Å². The molecule has 1 aliphatic rings. The highest BCUT2D eigenvalue weighted by Gasteiger charge is 2.12. The van der Waals surface area contributed by atoms with Crippen LogP contribution in [-0.4, -0.2) is 0 Å². The van der Waals surface area contributed by atoms with Crippen molar-refractivity contribution in [3.05, 3.63) is 65.3 Å². The monoisotopic (exact) mass is 239 g/mol. The summed E-state index contributed by atoms with van der Waals surface area (Å²) in [6.45, 7) is 4.29. The Labute approximate surface area is 110 Å². The zero-order valence-electron chi connectivity index (χ0n) is 11.2. The molecule has 0 aromatic heterocycles. The third-order valence-corrected chi connectivity index (χ3v) is 3.44. The second-order valence-corrected chi connectivity index (χ2v) is 4.74. The number of rotatable bonds is 3. The van der Waals surface area contributed by atoms with Crippen molar-refractivity contribution in [3.8, 4) is 0 Å². The molecule has 1 atom stereocenters. The molecule has 0 amide bonds. The molecule has 0 aliphatic heterocycles. The van der Waals surface area contributed by atoms with Gasteiger partial charge in [0.2, 0.25) is 0 Å². The first kappa shape index (κ1) is 12.8. The summed E-state index contributed by atoms with van der Waals surface area (Å²) in [6.07, 6.45) is 10.8. The summed E-state index contributed by atoms with van der Waals surface area (Å²) in [5, 5.41) is 0. The van der Waals surface area contributed by atoms with Crippen molar-refractivity contribution in [3.63, 3.8) is 0 Å². The number of hydrogen-bond donors (Lipinski definition) is 1. The Morgan fingerprint density at radius 3 is 2.67 bits per heavy atom. The van der Waals surface area contributed by atoms with Crippen molar-refractivity contribution < 1.29 is 0 Å². The molecule has 1 nitrogen and oxygen atoms in total. The van der Waals surface area contributed by atoms with Crippen molar-refractivity contribution in [2.75, 3.05) is 0 Å². The van der Waals surface area contributed by atoms with E-state index in [4.69, 9.17) is 5.73 Å². The molecule has 18 heavy (non-hydrogen) atoms. The van der Waals surface area contributed by atoms with E-state index < -0.39 is 0 Å². The highest BCUT2D eigenvalue weighted by atomic mass is 14.6. The van der Waals surface area contributed by atoms with Gasteiger partial charge in [0.1, 0.15) is 0 Å². The van der Waals surface area contributed by atoms with E-state index in [9.17, 15) is 0 Å². The van der Waals surface area contributed by atoms with Gasteiger partial charge < -0.3 is 5.73 Å². The summed E-state index contributed by atoms with van der Waals surface area (Å²) < 4.78 is 0. The first-order chi connectivity index (χ1) is 8.74. The lowest BCUT2D eigenvalue weighted by molar-refractivity contribution is 0.697. The molecular weight excluding hydrogens is 218 g/mol. The maximum atomic E-state index is 6.22. The normalized spacial score (nSPS) is 16.8. The summed E-state index contributed by atoms with van der Waals surface area (Å²) in [4.78, 5) is 0. The lowest BCUT2D eigenvalue weighted by Gasteiger charge is -2.16. The molecule has 0 saturated carbocycles. The molecule has 0 spiro atoms. The van der Waals surface area contributed by atoms with Crippen LogP contribution in [0.5, 0.6) is 0 Å². The Balaban J connectivity index is 2.54. The molecule has 0 heterocycles. The third-order valence-electron chi connectivity index (χ3n) is 3.44. The molecular formula is C17H21N. The Morgan fingerprint density at radius 1 is 1.17 bits per heavy atom. The number of benzene rings is 1. The molecule has 1 unspecified atom stereocenters. The summed E-state index contributed by atoms with van der Waals surface area (Å²) >= 11 is 0. The quantitative estimate of drug-likeness (QED) is 0.832. The van der Waals surface area contributed by atoms with Crippen LogP contribution in [0.3, 0.4) is 0 Å². The van der Waals surface area contributed by atoms with E-state index in [1.165, 1.54) is 22.3 Å². The highest BCUT2D eigenvalue weighted by molar-refractivity contribution is 5.80. The van der Waals surface area contributed by atoms with Gasteiger partial charge in [-0.3, -0.25) is 0 Å². The van der Waals surface area contributed by atoms with E-state index in [0.717, 1.165) is 12.8 Å². The minimum atomic E-state index is 0.113. The summed E-state index contributed by atoms with van der Waals surface area (Å²) in [5.74, 6) is 0. The lowest BCUT2D eigenvalue weighted by atomic mass is 9.91. The van der Waals surface area contributed by atoms with Gasteiger partial charge in [0, 0.05) is 6.04 Å². The van der Waals surface area contributed by atoms with Crippen LogP contribution in [0.1, 0.15) is 43.9 Å². The maximum Gasteiger partial charge on any atom is 0.0298 e. The summed E-state index contributed by atoms with van der Waals surface area (Å²) in [7, 11) is 0. The molecule has 2 N–H and O–H groups in total. The van der Waals surface area contributed by atoms with E-state index in [2.05, 4.69) is 62.4 Å². The Hall–Kier alpha value is -1.60. The predicted octanol–water partition coefficient (Wildman–Crippen LogP) is 4.39. The smallest absolute Gasteiger partial charge is 0.0298 e. The van der Waals surface area contributed by atoms with Crippen LogP contribution < -0.4 is 5.73 Å². The minimum absolute atomic E-state index is 0.113. The van der Waals surface area contributed by atoms with Crippen LogP contribution in [0.15, 0.2) is 54.1 Å². The molecule has 94 valence electrons. The van der Waals surface area contributed by atoms with Crippen molar-refractivity contribution in [2.24, 2.45) is 5.73 Å². The van der Waals surface area contributed by atoms with E-state index >= 15 is 0 Å². The van der Waals surface area contributed by atoms with Crippen molar-refractivity contribution in [1.82, 2.24) is 0 Å². The van der Waals surface area contributed by atoms with Crippen molar-refractivity contribution in [2.45, 2.75) is 32.7 Å². The van der Waals surface area contributed by atoms with Crippen LogP contribution in [0, 0.1) is 0 Å². The maximum absolute atomic E-state index is 6.22. The Bertz CT molecular complexity index is 506. The Kier molecular flexibility index (Phi) is 4.16. The number of hydrogen-bond acceptors (Lipinski definition) is 1. The number of nitrogens with two attached hydrogens (primary N) is 1. The third kappa shape index (κ3) is 2.62. The van der Waals surface area contributed by atoms with Crippen LogP contribution in [0.4, 0.5) is 0 Å². The van der Waals surface area contributed by atoms with Crippen LogP contribution in [-0.2, 0) is 0 Å². The minimum Gasteiger partial charge on any atom is -0.324 e. The van der Waals surface area contributed by atoms with Gasteiger partial charge in [-0.1, -0.05) is 55.5 Å². The summed E-state index contributed by atoms with van der Waals surface area (Å²) in [6, 6.07) is 8.59. The van der Waals surface area contributed by atoms with Gasteiger partial charge in [0.05, 0.1) is 0 Å². The first-order valence-electron chi connectivity index (χ1n) is 6.63. The fourth-order valence-electron chi connectivity index (χ4n) is 2.32. The fourth-order valence-corrected chi connectivity index (χ4v) is 2.32. The topological polar surface area (TPSA) is 26.0 Å². The fraction of sp³-hybridized carbons (Fsp3) is 0.294. The van der Waals surface area contributed by atoms with Crippen LogP contribution >= 0.6 is 0 Å². The molecule has 0 radical (unpaired) electrons. The van der Waals surface area contributed by atoms with Gasteiger partial charge >= 0.3 is 0 Å². The van der Waals surface area contributed by atoms with E-state index in [1.54, 1.807) is 0 Å². The lowest BCUT2D eigenvalue weighted by Crippen LogP contribution is -2.11. The largest absolute Gasteiger partial charge is 0.324 e. The predicted molar refractivity (Wildman–Crippen MR) is 79.2 cm³/mol.